The number of ketones is 2. The number of Topliss-reactive ketones (excluding diaryl/α,β-unsaturated/α-hetero) is 2. The second kappa shape index (κ2) is 9.05. The van der Waals surface area contributed by atoms with Gasteiger partial charge in [0.1, 0.15) is 17.3 Å². The van der Waals surface area contributed by atoms with Crippen molar-refractivity contribution in [2.75, 3.05) is 6.61 Å². The van der Waals surface area contributed by atoms with Gasteiger partial charge in [-0.2, -0.15) is 0 Å². The normalized spacial score (nSPS) is 11.3. The molecule has 0 spiro atoms. The maximum Gasteiger partial charge on any atom is 0.159 e. The van der Waals surface area contributed by atoms with E-state index in [1.54, 1.807) is 12.1 Å². The fraction of sp³-hybridized carbons (Fsp3) is 0.417. The summed E-state index contributed by atoms with van der Waals surface area (Å²) in [5.41, 5.74) is 2.74. The fourth-order valence-electron chi connectivity index (χ4n) is 3.04. The second-order valence-electron chi connectivity index (χ2n) is 8.10. The van der Waals surface area contributed by atoms with Crippen LogP contribution >= 0.6 is 0 Å². The van der Waals surface area contributed by atoms with Crippen LogP contribution in [-0.2, 0) is 11.2 Å². The van der Waals surface area contributed by atoms with Gasteiger partial charge in [-0.25, -0.2) is 0 Å². The summed E-state index contributed by atoms with van der Waals surface area (Å²) in [5.74, 6) is 0.831. The minimum absolute atomic E-state index is 0.00453. The summed E-state index contributed by atoms with van der Waals surface area (Å²) in [5, 5.41) is 10.1. The molecule has 0 aliphatic heterocycles. The van der Waals surface area contributed by atoms with Crippen molar-refractivity contribution in [3.05, 3.63) is 58.7 Å². The predicted octanol–water partition coefficient (Wildman–Crippen LogP) is 5.21. The third-order valence-corrected chi connectivity index (χ3v) is 5.15. The van der Waals surface area contributed by atoms with Gasteiger partial charge in [0.25, 0.3) is 0 Å². The van der Waals surface area contributed by atoms with E-state index >= 15 is 0 Å². The Hall–Kier alpha value is -2.62. The minimum Gasteiger partial charge on any atom is -0.508 e. The molecular formula is C24H30O4. The quantitative estimate of drug-likeness (QED) is 0.478. The summed E-state index contributed by atoms with van der Waals surface area (Å²) in [6.07, 6.45) is 1.61. The molecule has 0 saturated carbocycles. The highest BCUT2D eigenvalue weighted by Gasteiger charge is 2.27. The largest absolute Gasteiger partial charge is 0.508 e. The molecule has 4 heteroatoms. The first-order chi connectivity index (χ1) is 13.1. The number of hydrogen-bond acceptors (Lipinski definition) is 4. The average Bonchev–Trinajstić information content (AvgIpc) is 2.62. The van der Waals surface area contributed by atoms with E-state index in [4.69, 9.17) is 4.74 Å². The molecule has 1 N–H and O–H groups in total. The standard InChI is InChI=1S/C24H30O4/c1-16-7-8-17(2)22(13-16)28-12-6-11-24(4,5)23(27)15-20-10-9-19(18(3)25)14-21(20)26/h7-10,13-14,26H,6,11-12,15H2,1-5H3. The third kappa shape index (κ3) is 5.69. The van der Waals surface area contributed by atoms with E-state index in [2.05, 4.69) is 6.07 Å². The number of aryl methyl sites for hydroxylation is 2. The molecular weight excluding hydrogens is 352 g/mol. The Morgan fingerprint density at radius 3 is 2.43 bits per heavy atom. The number of carbonyl (C=O) groups is 2. The number of hydrogen-bond donors (Lipinski definition) is 1. The van der Waals surface area contributed by atoms with Gasteiger partial charge in [-0.3, -0.25) is 9.59 Å². The molecule has 0 amide bonds. The van der Waals surface area contributed by atoms with Crippen molar-refractivity contribution in [3.8, 4) is 11.5 Å². The molecule has 28 heavy (non-hydrogen) atoms. The lowest BCUT2D eigenvalue weighted by Gasteiger charge is -2.23. The first kappa shape index (κ1) is 21.7. The number of phenols is 1. The van der Waals surface area contributed by atoms with Crippen LogP contribution in [0.5, 0.6) is 11.5 Å². The number of ether oxygens (including phenoxy) is 1. The lowest BCUT2D eigenvalue weighted by Crippen LogP contribution is -2.26. The maximum absolute atomic E-state index is 12.7. The van der Waals surface area contributed by atoms with Crippen LogP contribution in [0, 0.1) is 19.3 Å². The summed E-state index contributed by atoms with van der Waals surface area (Å²) in [6.45, 7) is 9.91. The van der Waals surface area contributed by atoms with Gasteiger partial charge >= 0.3 is 0 Å². The number of phenolic OH excluding ortho intramolecular Hbond substituents is 1. The smallest absolute Gasteiger partial charge is 0.159 e. The fourth-order valence-corrected chi connectivity index (χ4v) is 3.04. The molecule has 0 aliphatic rings. The van der Waals surface area contributed by atoms with Crippen LogP contribution in [0.4, 0.5) is 0 Å². The Balaban J connectivity index is 1.90. The van der Waals surface area contributed by atoms with E-state index in [0.717, 1.165) is 23.3 Å². The Kier molecular flexibility index (Phi) is 7.00. The summed E-state index contributed by atoms with van der Waals surface area (Å²) in [4.78, 5) is 24.1. The highest BCUT2D eigenvalue weighted by atomic mass is 16.5. The zero-order valence-electron chi connectivity index (χ0n) is 17.5. The molecule has 0 aliphatic carbocycles. The molecule has 2 aromatic carbocycles. The molecule has 0 atom stereocenters. The van der Waals surface area contributed by atoms with E-state index in [1.165, 1.54) is 13.0 Å². The summed E-state index contributed by atoms with van der Waals surface area (Å²) in [6, 6.07) is 10.9. The van der Waals surface area contributed by atoms with Crippen molar-refractivity contribution in [2.24, 2.45) is 5.41 Å². The molecule has 2 rings (SSSR count). The lowest BCUT2D eigenvalue weighted by atomic mass is 9.80. The lowest BCUT2D eigenvalue weighted by molar-refractivity contribution is -0.126. The van der Waals surface area contributed by atoms with E-state index in [-0.39, 0.29) is 23.7 Å². The van der Waals surface area contributed by atoms with Crippen LogP contribution in [0.2, 0.25) is 0 Å². The highest BCUT2D eigenvalue weighted by Crippen LogP contribution is 2.29. The molecule has 0 saturated heterocycles. The first-order valence-corrected chi connectivity index (χ1v) is 9.66. The zero-order chi connectivity index (χ0) is 20.9. The SMILES string of the molecule is CC(=O)c1ccc(CC(=O)C(C)(C)CCCOc2cc(C)ccc2C)c(O)c1. The van der Waals surface area contributed by atoms with Crippen LogP contribution in [-0.4, -0.2) is 23.3 Å². The van der Waals surface area contributed by atoms with E-state index in [9.17, 15) is 14.7 Å². The van der Waals surface area contributed by atoms with Gasteiger partial charge in [-0.15, -0.1) is 0 Å². The minimum atomic E-state index is -0.517. The Morgan fingerprint density at radius 2 is 1.79 bits per heavy atom. The number of benzene rings is 2. The third-order valence-electron chi connectivity index (χ3n) is 5.15. The topological polar surface area (TPSA) is 63.6 Å². The average molecular weight is 383 g/mol. The molecule has 150 valence electrons. The van der Waals surface area contributed by atoms with Gasteiger partial charge in [0.15, 0.2) is 5.78 Å². The van der Waals surface area contributed by atoms with Crippen LogP contribution in [0.15, 0.2) is 36.4 Å². The van der Waals surface area contributed by atoms with Gasteiger partial charge in [-0.1, -0.05) is 38.1 Å². The molecule has 2 aromatic rings. The van der Waals surface area contributed by atoms with Crippen molar-refractivity contribution >= 4 is 11.6 Å². The van der Waals surface area contributed by atoms with Crippen molar-refractivity contribution in [1.82, 2.24) is 0 Å². The van der Waals surface area contributed by atoms with E-state index in [0.29, 0.717) is 24.2 Å². The van der Waals surface area contributed by atoms with Crippen molar-refractivity contribution in [2.45, 2.75) is 53.9 Å². The van der Waals surface area contributed by atoms with Gasteiger partial charge < -0.3 is 9.84 Å². The molecule has 4 nitrogen and oxygen atoms in total. The van der Waals surface area contributed by atoms with Gasteiger partial charge in [0.2, 0.25) is 0 Å². The van der Waals surface area contributed by atoms with Crippen molar-refractivity contribution < 1.29 is 19.4 Å². The van der Waals surface area contributed by atoms with Crippen LogP contribution in [0.25, 0.3) is 0 Å². The van der Waals surface area contributed by atoms with Crippen LogP contribution in [0.3, 0.4) is 0 Å². The van der Waals surface area contributed by atoms with Crippen LogP contribution in [0.1, 0.15) is 60.7 Å². The first-order valence-electron chi connectivity index (χ1n) is 9.66. The molecule has 0 heterocycles. The summed E-state index contributed by atoms with van der Waals surface area (Å²) in [7, 11) is 0. The summed E-state index contributed by atoms with van der Waals surface area (Å²) < 4.78 is 5.88. The van der Waals surface area contributed by atoms with E-state index < -0.39 is 5.41 Å². The second-order valence-corrected chi connectivity index (χ2v) is 8.10. The van der Waals surface area contributed by atoms with Gasteiger partial charge in [-0.05, 0) is 56.9 Å². The molecule has 0 bridgehead atoms. The molecule has 0 aromatic heterocycles. The molecule has 0 unspecified atom stereocenters. The summed E-state index contributed by atoms with van der Waals surface area (Å²) >= 11 is 0. The van der Waals surface area contributed by atoms with Crippen LogP contribution < -0.4 is 4.74 Å². The van der Waals surface area contributed by atoms with Crippen molar-refractivity contribution in [1.29, 1.82) is 0 Å². The van der Waals surface area contributed by atoms with E-state index in [1.807, 2.05) is 39.8 Å². The molecule has 0 fully saturated rings. The predicted molar refractivity (Wildman–Crippen MR) is 111 cm³/mol. The highest BCUT2D eigenvalue weighted by molar-refractivity contribution is 5.95. The molecule has 0 radical (unpaired) electrons. The Labute approximate surface area is 167 Å². The Morgan fingerprint density at radius 1 is 1.07 bits per heavy atom. The van der Waals surface area contributed by atoms with Gasteiger partial charge in [0.05, 0.1) is 6.61 Å². The maximum atomic E-state index is 12.7. The monoisotopic (exact) mass is 382 g/mol. The van der Waals surface area contributed by atoms with Gasteiger partial charge in [0, 0.05) is 23.0 Å². The van der Waals surface area contributed by atoms with Crippen molar-refractivity contribution in [3.63, 3.8) is 0 Å². The number of rotatable bonds is 9. The Bertz CT molecular complexity index is 865. The number of carbonyl (C=O) groups excluding carboxylic acids is 2. The number of aromatic hydroxyl groups is 1. The zero-order valence-corrected chi connectivity index (χ0v) is 17.5.